The van der Waals surface area contributed by atoms with Crippen LogP contribution in [0.2, 0.25) is 0 Å². The molecule has 0 aliphatic heterocycles. The molecule has 1 aromatic carbocycles. The molecule has 8 heteroatoms. The largest absolute Gasteiger partial charge is 0.497 e. The van der Waals surface area contributed by atoms with Crippen molar-refractivity contribution in [2.45, 2.75) is 16.2 Å². The number of hydrogen-bond acceptors (Lipinski definition) is 7. The molecule has 0 aliphatic carbocycles. The molecule has 3 aromatic rings. The maximum atomic E-state index is 12.1. The average Bonchev–Trinajstić information content (AvgIpc) is 3.27. The monoisotopic (exact) mass is 343 g/mol. The number of rotatable bonds is 7. The number of benzene rings is 1. The highest BCUT2D eigenvalue weighted by atomic mass is 32.2. The molecule has 2 heterocycles. The Morgan fingerprint density at radius 2 is 2.04 bits per heavy atom. The maximum Gasteiger partial charge on any atom is 0.265 e. The number of nitrogens with one attached hydrogen (secondary N) is 1. The van der Waals surface area contributed by atoms with Gasteiger partial charge >= 0.3 is 0 Å². The van der Waals surface area contributed by atoms with Crippen molar-refractivity contribution in [3.63, 3.8) is 0 Å². The van der Waals surface area contributed by atoms with Crippen molar-refractivity contribution in [3.8, 4) is 5.75 Å². The lowest BCUT2D eigenvalue weighted by Crippen LogP contribution is -2.18. The molecule has 0 aliphatic rings. The Balaban J connectivity index is 1.70. The van der Waals surface area contributed by atoms with E-state index in [0.29, 0.717) is 5.76 Å². The summed E-state index contributed by atoms with van der Waals surface area (Å²) in [5.41, 5.74) is 0. The van der Waals surface area contributed by atoms with Gasteiger partial charge in [-0.1, -0.05) is 11.8 Å². The molecule has 0 saturated heterocycles. The molecular weight excluding hydrogens is 330 g/mol. The Morgan fingerprint density at radius 3 is 2.71 bits per heavy atom. The molecule has 7 nitrogen and oxygen atoms in total. The van der Waals surface area contributed by atoms with Crippen molar-refractivity contribution in [2.24, 2.45) is 0 Å². The van der Waals surface area contributed by atoms with Crippen LogP contribution in [0.1, 0.15) is 16.4 Å². The van der Waals surface area contributed by atoms with E-state index >= 15 is 0 Å². The van der Waals surface area contributed by atoms with Crippen LogP contribution in [0.15, 0.2) is 57.1 Å². The third-order valence-electron chi connectivity index (χ3n) is 3.20. The lowest BCUT2D eigenvalue weighted by Gasteiger charge is -2.03. The molecule has 0 unspecified atom stereocenters. The fraction of sp³-hybridized carbons (Fsp3) is 0.125. The Morgan fingerprint density at radius 1 is 1.25 bits per heavy atom. The molecule has 0 amide bonds. The summed E-state index contributed by atoms with van der Waals surface area (Å²) in [4.78, 5) is 29.4. The Bertz CT molecular complexity index is 841. The van der Waals surface area contributed by atoms with Crippen molar-refractivity contribution in [1.82, 2.24) is 15.2 Å². The molecule has 3 rings (SSSR count). The summed E-state index contributed by atoms with van der Waals surface area (Å²) < 4.78 is 10.5. The van der Waals surface area contributed by atoms with Crippen molar-refractivity contribution in [2.75, 3.05) is 7.11 Å². The maximum absolute atomic E-state index is 12.1. The van der Waals surface area contributed by atoms with Gasteiger partial charge in [-0.15, -0.1) is 0 Å². The van der Waals surface area contributed by atoms with E-state index in [1.54, 1.807) is 13.2 Å². The number of nitrogens with zero attached hydrogens (tertiary/aromatic N) is 2. The minimum atomic E-state index is -0.718. The molecule has 2 aromatic heterocycles. The second-order valence-corrected chi connectivity index (χ2v) is 5.86. The van der Waals surface area contributed by atoms with Gasteiger partial charge in [0.05, 0.1) is 24.7 Å². The van der Waals surface area contributed by atoms with Crippen molar-refractivity contribution >= 4 is 23.3 Å². The van der Waals surface area contributed by atoms with Crippen LogP contribution in [-0.2, 0) is 11.2 Å². The van der Waals surface area contributed by atoms with Gasteiger partial charge in [-0.3, -0.25) is 14.7 Å². The van der Waals surface area contributed by atoms with Gasteiger partial charge in [0.2, 0.25) is 5.78 Å². The molecular formula is C16H13N3O4S. The standard InChI is InChI=1S/C16H13N3O4S/c1-22-10-2-4-11(5-3-10)24-14-6-7-23-13(14)8-12(20)15(21)16-17-9-18-19-16/h2-7,9H,8H2,1H3,(H,17,18,19). The van der Waals surface area contributed by atoms with Crippen molar-refractivity contribution in [1.29, 1.82) is 0 Å². The van der Waals surface area contributed by atoms with E-state index in [2.05, 4.69) is 15.2 Å². The summed E-state index contributed by atoms with van der Waals surface area (Å²) in [5, 5.41) is 5.95. The zero-order valence-corrected chi connectivity index (χ0v) is 13.5. The quantitative estimate of drug-likeness (QED) is 0.520. The first-order valence-electron chi connectivity index (χ1n) is 6.98. The van der Waals surface area contributed by atoms with Crippen LogP contribution in [0.4, 0.5) is 0 Å². The number of H-pyrrole nitrogens is 1. The van der Waals surface area contributed by atoms with Crippen LogP contribution in [0.3, 0.4) is 0 Å². The molecule has 122 valence electrons. The first kappa shape index (κ1) is 16.0. The van der Waals surface area contributed by atoms with E-state index < -0.39 is 11.6 Å². The first-order chi connectivity index (χ1) is 11.7. The number of carbonyl (C=O) groups excluding carboxylic acids is 2. The van der Waals surface area contributed by atoms with Crippen molar-refractivity contribution < 1.29 is 18.7 Å². The summed E-state index contributed by atoms with van der Waals surface area (Å²) in [7, 11) is 1.60. The molecule has 0 bridgehead atoms. The third-order valence-corrected chi connectivity index (χ3v) is 4.29. The molecule has 0 saturated carbocycles. The second-order valence-electron chi connectivity index (χ2n) is 4.75. The first-order valence-corrected chi connectivity index (χ1v) is 7.80. The van der Waals surface area contributed by atoms with E-state index in [-0.39, 0.29) is 12.2 Å². The molecule has 0 fully saturated rings. The summed E-state index contributed by atoms with van der Waals surface area (Å²) in [6, 6.07) is 9.27. The Kier molecular flexibility index (Phi) is 4.76. The van der Waals surface area contributed by atoms with Crippen LogP contribution in [-0.4, -0.2) is 33.9 Å². The van der Waals surface area contributed by atoms with Crippen LogP contribution < -0.4 is 4.74 Å². The fourth-order valence-electron chi connectivity index (χ4n) is 1.99. The Labute approximate surface area is 141 Å². The number of aromatic nitrogens is 3. The summed E-state index contributed by atoms with van der Waals surface area (Å²) in [6.07, 6.45) is 2.54. The van der Waals surface area contributed by atoms with Gasteiger partial charge in [0, 0.05) is 4.90 Å². The minimum absolute atomic E-state index is 0.0732. The third kappa shape index (κ3) is 3.54. The molecule has 0 spiro atoms. The summed E-state index contributed by atoms with van der Waals surface area (Å²) in [6.45, 7) is 0. The van der Waals surface area contributed by atoms with Gasteiger partial charge in [-0.25, -0.2) is 4.98 Å². The highest BCUT2D eigenvalue weighted by molar-refractivity contribution is 7.99. The summed E-state index contributed by atoms with van der Waals surface area (Å²) in [5.74, 6) is -0.202. The number of furan rings is 1. The number of ketones is 2. The number of aromatic amines is 1. The topological polar surface area (TPSA) is 98.1 Å². The zero-order chi connectivity index (χ0) is 16.9. The van der Waals surface area contributed by atoms with Crippen LogP contribution in [0.5, 0.6) is 5.75 Å². The number of ether oxygens (including phenoxy) is 1. The van der Waals surface area contributed by atoms with E-state index in [1.165, 1.54) is 24.4 Å². The van der Waals surface area contributed by atoms with E-state index in [9.17, 15) is 9.59 Å². The highest BCUT2D eigenvalue weighted by Crippen LogP contribution is 2.32. The average molecular weight is 343 g/mol. The van der Waals surface area contributed by atoms with Crippen LogP contribution in [0.25, 0.3) is 0 Å². The molecule has 24 heavy (non-hydrogen) atoms. The van der Waals surface area contributed by atoms with Gasteiger partial charge in [-0.05, 0) is 30.3 Å². The van der Waals surface area contributed by atoms with E-state index in [1.807, 2.05) is 24.3 Å². The lowest BCUT2D eigenvalue weighted by atomic mass is 10.1. The smallest absolute Gasteiger partial charge is 0.265 e. The normalized spacial score (nSPS) is 10.5. The molecule has 0 radical (unpaired) electrons. The SMILES string of the molecule is COc1ccc(Sc2ccoc2CC(=O)C(=O)c2ncn[nH]2)cc1. The molecule has 1 N–H and O–H groups in total. The summed E-state index contributed by atoms with van der Waals surface area (Å²) >= 11 is 1.44. The zero-order valence-electron chi connectivity index (χ0n) is 12.7. The predicted molar refractivity (Wildman–Crippen MR) is 85.2 cm³/mol. The van der Waals surface area contributed by atoms with Gasteiger partial charge in [0.1, 0.15) is 17.8 Å². The Hall–Kier alpha value is -2.87. The predicted octanol–water partition coefficient (Wildman–Crippen LogP) is 2.55. The van der Waals surface area contributed by atoms with E-state index in [0.717, 1.165) is 15.5 Å². The fourth-order valence-corrected chi connectivity index (χ4v) is 2.88. The lowest BCUT2D eigenvalue weighted by molar-refractivity contribution is -0.114. The van der Waals surface area contributed by atoms with Gasteiger partial charge in [-0.2, -0.15) is 5.10 Å². The number of methoxy groups -OCH3 is 1. The minimum Gasteiger partial charge on any atom is -0.497 e. The van der Waals surface area contributed by atoms with Crippen molar-refractivity contribution in [3.05, 3.63) is 54.5 Å². The van der Waals surface area contributed by atoms with Gasteiger partial charge in [0.15, 0.2) is 5.82 Å². The van der Waals surface area contributed by atoms with Gasteiger partial charge < -0.3 is 9.15 Å². The van der Waals surface area contributed by atoms with Crippen LogP contribution in [0, 0.1) is 0 Å². The number of hydrogen-bond donors (Lipinski definition) is 1. The second kappa shape index (κ2) is 7.14. The highest BCUT2D eigenvalue weighted by Gasteiger charge is 2.22. The number of carbonyl (C=O) groups is 2. The van der Waals surface area contributed by atoms with Crippen LogP contribution >= 0.6 is 11.8 Å². The van der Waals surface area contributed by atoms with Gasteiger partial charge in [0.25, 0.3) is 5.78 Å². The van der Waals surface area contributed by atoms with E-state index in [4.69, 9.17) is 9.15 Å². The number of Topliss-reactive ketones (excluding diaryl/α,β-unsaturated/α-hetero) is 2. The molecule has 0 atom stereocenters.